The maximum absolute atomic E-state index is 12.2. The zero-order valence-electron chi connectivity index (χ0n) is 14.5. The number of anilines is 1. The van der Waals surface area contributed by atoms with Gasteiger partial charge in [0.15, 0.2) is 15.6 Å². The molecule has 0 unspecified atom stereocenters. The molecular weight excluding hydrogens is 382 g/mol. The van der Waals surface area contributed by atoms with E-state index in [0.717, 1.165) is 5.39 Å². The van der Waals surface area contributed by atoms with Crippen molar-refractivity contribution in [1.29, 1.82) is 0 Å². The fourth-order valence-corrected chi connectivity index (χ4v) is 3.88. The number of hydrogen-bond acceptors (Lipinski definition) is 7. The van der Waals surface area contributed by atoms with E-state index in [9.17, 15) is 13.2 Å². The number of hydrogen-bond donors (Lipinski definition) is 1. The summed E-state index contributed by atoms with van der Waals surface area (Å²) in [5.41, 5.74) is 0.674. The highest BCUT2D eigenvalue weighted by Gasteiger charge is 2.18. The van der Waals surface area contributed by atoms with Gasteiger partial charge in [-0.05, 0) is 24.3 Å². The first-order valence-electron chi connectivity index (χ1n) is 8.41. The van der Waals surface area contributed by atoms with Crippen molar-refractivity contribution in [2.24, 2.45) is 0 Å². The molecule has 0 atom stereocenters. The smallest absolute Gasteiger partial charge is 0.322 e. The van der Waals surface area contributed by atoms with Crippen LogP contribution in [0.5, 0.6) is 0 Å². The van der Waals surface area contributed by atoms with Crippen LogP contribution in [-0.2, 0) is 14.6 Å². The number of carbonyl (C=O) groups excluding carboxylic acids is 1. The topological polar surface area (TPSA) is 115 Å². The average molecular weight is 397 g/mol. The van der Waals surface area contributed by atoms with Crippen LogP contribution in [0.4, 0.5) is 6.01 Å². The van der Waals surface area contributed by atoms with Crippen LogP contribution in [0, 0.1) is 0 Å². The van der Waals surface area contributed by atoms with E-state index in [-0.39, 0.29) is 29.0 Å². The Kier molecular flexibility index (Phi) is 4.66. The van der Waals surface area contributed by atoms with E-state index in [2.05, 4.69) is 15.5 Å². The largest absolute Gasteiger partial charge is 0.451 e. The first-order chi connectivity index (χ1) is 13.5. The molecular formula is C19H15N3O5S. The van der Waals surface area contributed by atoms with Gasteiger partial charge in [-0.1, -0.05) is 41.5 Å². The van der Waals surface area contributed by atoms with Gasteiger partial charge in [0.25, 0.3) is 5.89 Å². The van der Waals surface area contributed by atoms with Gasteiger partial charge in [0.05, 0.1) is 10.6 Å². The second-order valence-electron chi connectivity index (χ2n) is 5.99. The second kappa shape index (κ2) is 7.28. The Morgan fingerprint density at radius 3 is 2.50 bits per heavy atom. The van der Waals surface area contributed by atoms with Gasteiger partial charge >= 0.3 is 6.01 Å². The third-order valence-electron chi connectivity index (χ3n) is 4.01. The number of furan rings is 1. The van der Waals surface area contributed by atoms with Crippen molar-refractivity contribution in [3.8, 4) is 11.7 Å². The number of para-hydroxylation sites is 1. The number of nitrogens with zero attached hydrogens (tertiary/aromatic N) is 2. The summed E-state index contributed by atoms with van der Waals surface area (Å²) in [5.74, 6) is -0.378. The Balaban J connectivity index is 1.40. The summed E-state index contributed by atoms with van der Waals surface area (Å²) in [6, 6.07) is 17.0. The zero-order valence-corrected chi connectivity index (χ0v) is 15.3. The maximum Gasteiger partial charge on any atom is 0.322 e. The zero-order chi connectivity index (χ0) is 19.6. The SMILES string of the molecule is O=C(CCS(=O)(=O)c1ccccc1)Nc1nnc(-c2cc3ccccc3o2)o1. The maximum atomic E-state index is 12.2. The molecule has 0 saturated heterocycles. The van der Waals surface area contributed by atoms with E-state index in [1.54, 1.807) is 24.3 Å². The number of aromatic nitrogens is 2. The minimum absolute atomic E-state index is 0.114. The van der Waals surface area contributed by atoms with E-state index < -0.39 is 15.7 Å². The quantitative estimate of drug-likeness (QED) is 0.531. The first kappa shape index (κ1) is 17.9. The van der Waals surface area contributed by atoms with Crippen LogP contribution in [0.3, 0.4) is 0 Å². The third-order valence-corrected chi connectivity index (χ3v) is 5.74. The third kappa shape index (κ3) is 3.79. The molecule has 4 rings (SSSR count). The van der Waals surface area contributed by atoms with Gasteiger partial charge < -0.3 is 8.83 Å². The van der Waals surface area contributed by atoms with Crippen LogP contribution in [0.15, 0.2) is 74.4 Å². The molecule has 0 fully saturated rings. The van der Waals surface area contributed by atoms with Crippen molar-refractivity contribution < 1.29 is 22.0 Å². The number of carbonyl (C=O) groups is 1. The van der Waals surface area contributed by atoms with Gasteiger partial charge in [-0.15, -0.1) is 5.10 Å². The van der Waals surface area contributed by atoms with Crippen molar-refractivity contribution in [2.45, 2.75) is 11.3 Å². The highest BCUT2D eigenvalue weighted by Crippen LogP contribution is 2.27. The van der Waals surface area contributed by atoms with Crippen LogP contribution in [0.2, 0.25) is 0 Å². The molecule has 2 aromatic heterocycles. The van der Waals surface area contributed by atoms with Crippen LogP contribution in [-0.4, -0.2) is 30.3 Å². The predicted octanol–water partition coefficient (Wildman–Crippen LogP) is 3.29. The molecule has 28 heavy (non-hydrogen) atoms. The van der Waals surface area contributed by atoms with Gasteiger partial charge in [0.1, 0.15) is 5.58 Å². The van der Waals surface area contributed by atoms with Crippen LogP contribution in [0.1, 0.15) is 6.42 Å². The Morgan fingerprint density at radius 1 is 0.964 bits per heavy atom. The van der Waals surface area contributed by atoms with Crippen molar-refractivity contribution >= 4 is 32.7 Å². The Morgan fingerprint density at radius 2 is 1.71 bits per heavy atom. The molecule has 0 saturated carbocycles. The number of amides is 1. The lowest BCUT2D eigenvalue weighted by atomic mass is 10.2. The molecule has 0 spiro atoms. The molecule has 4 aromatic rings. The van der Waals surface area contributed by atoms with Gasteiger partial charge in [0, 0.05) is 11.8 Å². The number of benzene rings is 2. The molecule has 1 N–H and O–H groups in total. The molecule has 8 nitrogen and oxygen atoms in total. The van der Waals surface area contributed by atoms with Crippen molar-refractivity contribution in [2.75, 3.05) is 11.1 Å². The molecule has 0 aliphatic heterocycles. The van der Waals surface area contributed by atoms with E-state index >= 15 is 0 Å². The van der Waals surface area contributed by atoms with Gasteiger partial charge in [-0.2, -0.15) is 0 Å². The predicted molar refractivity (Wildman–Crippen MR) is 101 cm³/mol. The number of fused-ring (bicyclic) bond motifs is 1. The molecule has 9 heteroatoms. The standard InChI is InChI=1S/C19H15N3O5S/c23-17(10-11-28(24,25)14-7-2-1-3-8-14)20-19-22-21-18(27-19)16-12-13-6-4-5-9-15(13)26-16/h1-9,12H,10-11H2,(H,20,22,23). The Hall–Kier alpha value is -3.46. The van der Waals surface area contributed by atoms with Crippen LogP contribution in [0.25, 0.3) is 22.6 Å². The van der Waals surface area contributed by atoms with E-state index in [1.165, 1.54) is 12.1 Å². The van der Waals surface area contributed by atoms with Gasteiger partial charge in [-0.3, -0.25) is 10.1 Å². The summed E-state index contributed by atoms with van der Waals surface area (Å²) in [6.45, 7) is 0. The van der Waals surface area contributed by atoms with E-state index in [0.29, 0.717) is 11.3 Å². The molecule has 2 aromatic carbocycles. The lowest BCUT2D eigenvalue weighted by Crippen LogP contribution is -2.17. The van der Waals surface area contributed by atoms with Crippen LogP contribution < -0.4 is 5.32 Å². The highest BCUT2D eigenvalue weighted by atomic mass is 32.2. The lowest BCUT2D eigenvalue weighted by molar-refractivity contribution is -0.115. The average Bonchev–Trinajstić information content (AvgIpc) is 3.34. The number of rotatable bonds is 6. The minimum Gasteiger partial charge on any atom is -0.451 e. The molecule has 142 valence electrons. The number of nitrogens with one attached hydrogen (secondary N) is 1. The Labute approximate surface area is 160 Å². The lowest BCUT2D eigenvalue weighted by Gasteiger charge is -2.03. The van der Waals surface area contributed by atoms with Gasteiger partial charge in [0.2, 0.25) is 5.91 Å². The molecule has 0 radical (unpaired) electrons. The van der Waals surface area contributed by atoms with Gasteiger partial charge in [-0.25, -0.2) is 8.42 Å². The van der Waals surface area contributed by atoms with Crippen LogP contribution >= 0.6 is 0 Å². The summed E-state index contributed by atoms with van der Waals surface area (Å²) in [5, 5.41) is 10.9. The minimum atomic E-state index is -3.54. The molecule has 0 aliphatic rings. The summed E-state index contributed by atoms with van der Waals surface area (Å²) in [6.07, 6.45) is -0.237. The fraction of sp³-hybridized carbons (Fsp3) is 0.105. The monoisotopic (exact) mass is 397 g/mol. The fourth-order valence-electron chi connectivity index (χ4n) is 2.62. The molecule has 0 aliphatic carbocycles. The van der Waals surface area contributed by atoms with E-state index in [4.69, 9.17) is 8.83 Å². The molecule has 1 amide bonds. The molecule has 0 bridgehead atoms. The van der Waals surface area contributed by atoms with E-state index in [1.807, 2.05) is 24.3 Å². The summed E-state index contributed by atoms with van der Waals surface area (Å²) in [7, 11) is -3.54. The van der Waals surface area contributed by atoms with Crippen molar-refractivity contribution in [3.63, 3.8) is 0 Å². The van der Waals surface area contributed by atoms with Crippen molar-refractivity contribution in [1.82, 2.24) is 10.2 Å². The first-order valence-corrected chi connectivity index (χ1v) is 10.1. The normalized spacial score (nSPS) is 11.6. The van der Waals surface area contributed by atoms with Crippen molar-refractivity contribution in [3.05, 3.63) is 60.7 Å². The second-order valence-corrected chi connectivity index (χ2v) is 8.10. The summed E-state index contributed by atoms with van der Waals surface area (Å²) >= 11 is 0. The Bertz CT molecular complexity index is 1200. The summed E-state index contributed by atoms with van der Waals surface area (Å²) in [4.78, 5) is 12.2. The number of sulfone groups is 1. The molecule has 2 heterocycles. The summed E-state index contributed by atoms with van der Waals surface area (Å²) < 4.78 is 35.5. The highest BCUT2D eigenvalue weighted by molar-refractivity contribution is 7.91.